The number of fused-ring (bicyclic) bond motifs is 2. The molecule has 4 rings (SSSR count). The van der Waals surface area contributed by atoms with Crippen LogP contribution >= 0.6 is 0 Å². The molecule has 1 saturated heterocycles. The van der Waals surface area contributed by atoms with Crippen molar-refractivity contribution >= 4 is 5.91 Å². The number of amides is 1. The Kier molecular flexibility index (Phi) is 6.11. The molecular weight excluding hydrogens is 344 g/mol. The molecule has 3 nitrogen and oxygen atoms in total. The van der Waals surface area contributed by atoms with Crippen molar-refractivity contribution in [2.24, 2.45) is 0 Å². The summed E-state index contributed by atoms with van der Waals surface area (Å²) in [5.74, 6) is 0.131. The van der Waals surface area contributed by atoms with Crippen LogP contribution < -0.4 is 5.32 Å². The summed E-state index contributed by atoms with van der Waals surface area (Å²) in [4.78, 5) is 14.6. The number of likely N-dealkylation sites (tertiary alicyclic amines) is 1. The average molecular weight is 377 g/mol. The molecule has 1 spiro atoms. The van der Waals surface area contributed by atoms with Crippen molar-refractivity contribution < 1.29 is 4.79 Å². The van der Waals surface area contributed by atoms with Crippen LogP contribution in [0.5, 0.6) is 0 Å². The zero-order valence-corrected chi connectivity index (χ0v) is 16.8. The number of unbranched alkanes of at least 4 members (excludes halogenated alkanes) is 1. The number of benzene rings is 2. The molecule has 0 unspecified atom stereocenters. The molecule has 2 aromatic carbocycles. The van der Waals surface area contributed by atoms with E-state index in [0.29, 0.717) is 11.8 Å². The normalized spacial score (nSPS) is 18.1. The van der Waals surface area contributed by atoms with Gasteiger partial charge in [-0.2, -0.15) is 0 Å². The highest BCUT2D eigenvalue weighted by Gasteiger charge is 2.40. The van der Waals surface area contributed by atoms with Crippen LogP contribution in [0.25, 0.3) is 0 Å². The van der Waals surface area contributed by atoms with Crippen LogP contribution in [-0.4, -0.2) is 37.0 Å². The van der Waals surface area contributed by atoms with Crippen molar-refractivity contribution in [2.75, 3.05) is 26.2 Å². The summed E-state index contributed by atoms with van der Waals surface area (Å²) in [5.41, 5.74) is 4.76. The lowest BCUT2D eigenvalue weighted by Gasteiger charge is -2.40. The molecule has 1 heterocycles. The third-order valence-corrected chi connectivity index (χ3v) is 6.71. The van der Waals surface area contributed by atoms with E-state index in [2.05, 4.69) is 34.5 Å². The van der Waals surface area contributed by atoms with Crippen LogP contribution in [0, 0.1) is 0 Å². The van der Waals surface area contributed by atoms with E-state index in [-0.39, 0.29) is 5.91 Å². The number of aryl methyl sites for hydroxylation is 1. The Morgan fingerprint density at radius 2 is 1.68 bits per heavy atom. The van der Waals surface area contributed by atoms with Gasteiger partial charge < -0.3 is 10.2 Å². The number of nitrogens with zero attached hydrogens (tertiary/aromatic N) is 1. The maximum absolute atomic E-state index is 12.0. The largest absolute Gasteiger partial charge is 0.356 e. The smallest absolute Gasteiger partial charge is 0.224 e. The number of nitrogens with one attached hydrogen (secondary N) is 1. The number of piperidine rings is 1. The molecule has 148 valence electrons. The van der Waals surface area contributed by atoms with Gasteiger partial charge >= 0.3 is 0 Å². The average Bonchev–Trinajstić information content (AvgIpc) is 3.08. The van der Waals surface area contributed by atoms with E-state index < -0.39 is 0 Å². The molecule has 3 heteroatoms. The Morgan fingerprint density at radius 3 is 2.50 bits per heavy atom. The van der Waals surface area contributed by atoms with Gasteiger partial charge in [-0.3, -0.25) is 4.79 Å². The van der Waals surface area contributed by atoms with Gasteiger partial charge in [-0.05, 0) is 80.3 Å². The minimum atomic E-state index is 0.131. The maximum Gasteiger partial charge on any atom is 0.224 e. The van der Waals surface area contributed by atoms with E-state index in [0.717, 1.165) is 31.5 Å². The Morgan fingerprint density at radius 1 is 0.929 bits per heavy atom. The molecular formula is C25H32N2O. The third kappa shape index (κ3) is 4.47. The van der Waals surface area contributed by atoms with Gasteiger partial charge in [0.05, 0.1) is 6.42 Å². The standard InChI is InChI=1S/C25H32N2O/c28-24(20-21-8-2-1-3-9-21)26-16-6-7-17-27-18-14-25(15-19-27)13-12-22-10-4-5-11-23(22)25/h1-5,8-11H,6-7,12-20H2,(H,26,28). The number of carbonyl (C=O) groups excluding carboxylic acids is 1. The molecule has 1 fully saturated rings. The number of rotatable bonds is 7. The van der Waals surface area contributed by atoms with Gasteiger partial charge in [0.1, 0.15) is 0 Å². The van der Waals surface area contributed by atoms with Crippen LogP contribution in [0.3, 0.4) is 0 Å². The van der Waals surface area contributed by atoms with Crippen molar-refractivity contribution in [3.05, 3.63) is 71.3 Å². The summed E-state index contributed by atoms with van der Waals surface area (Å²) in [7, 11) is 0. The van der Waals surface area contributed by atoms with E-state index in [9.17, 15) is 4.79 Å². The summed E-state index contributed by atoms with van der Waals surface area (Å²) in [6.45, 7) is 4.38. The molecule has 0 atom stereocenters. The summed E-state index contributed by atoms with van der Waals surface area (Å²) >= 11 is 0. The molecule has 2 aromatic rings. The van der Waals surface area contributed by atoms with Gasteiger partial charge in [0.25, 0.3) is 0 Å². The van der Waals surface area contributed by atoms with E-state index in [1.165, 1.54) is 38.8 Å². The van der Waals surface area contributed by atoms with Crippen molar-refractivity contribution in [1.29, 1.82) is 0 Å². The topological polar surface area (TPSA) is 32.3 Å². The quantitative estimate of drug-likeness (QED) is 0.738. The molecule has 2 aliphatic rings. The second-order valence-electron chi connectivity index (χ2n) is 8.50. The first kappa shape index (κ1) is 19.2. The second kappa shape index (κ2) is 8.91. The summed E-state index contributed by atoms with van der Waals surface area (Å²) in [6.07, 6.45) is 7.92. The second-order valence-corrected chi connectivity index (χ2v) is 8.50. The molecule has 0 radical (unpaired) electrons. The highest BCUT2D eigenvalue weighted by Crippen LogP contribution is 2.46. The van der Waals surface area contributed by atoms with Gasteiger partial charge in [0.15, 0.2) is 0 Å². The van der Waals surface area contributed by atoms with Crippen molar-refractivity contribution in [1.82, 2.24) is 10.2 Å². The van der Waals surface area contributed by atoms with E-state index in [4.69, 9.17) is 0 Å². The molecule has 1 aliphatic heterocycles. The van der Waals surface area contributed by atoms with Gasteiger partial charge in [0, 0.05) is 6.54 Å². The Balaban J connectivity index is 1.13. The number of hydrogen-bond donors (Lipinski definition) is 1. The Bertz CT molecular complexity index is 778. The first-order valence-corrected chi connectivity index (χ1v) is 10.9. The van der Waals surface area contributed by atoms with Crippen LogP contribution in [0.2, 0.25) is 0 Å². The molecule has 0 bridgehead atoms. The lowest BCUT2D eigenvalue weighted by Crippen LogP contribution is -2.42. The van der Waals surface area contributed by atoms with Gasteiger partial charge in [-0.1, -0.05) is 54.6 Å². The lowest BCUT2D eigenvalue weighted by molar-refractivity contribution is -0.120. The summed E-state index contributed by atoms with van der Waals surface area (Å²) in [5, 5.41) is 3.06. The Hall–Kier alpha value is -2.13. The third-order valence-electron chi connectivity index (χ3n) is 6.71. The van der Waals surface area contributed by atoms with Gasteiger partial charge in [-0.25, -0.2) is 0 Å². The molecule has 28 heavy (non-hydrogen) atoms. The predicted octanol–water partition coefficient (Wildman–Crippen LogP) is 4.11. The summed E-state index contributed by atoms with van der Waals surface area (Å²) < 4.78 is 0. The first-order chi connectivity index (χ1) is 13.8. The highest BCUT2D eigenvalue weighted by atomic mass is 16.1. The molecule has 1 N–H and O–H groups in total. The van der Waals surface area contributed by atoms with Gasteiger partial charge in [-0.15, -0.1) is 0 Å². The van der Waals surface area contributed by atoms with E-state index in [1.54, 1.807) is 11.1 Å². The zero-order valence-electron chi connectivity index (χ0n) is 16.8. The minimum absolute atomic E-state index is 0.131. The predicted molar refractivity (Wildman–Crippen MR) is 115 cm³/mol. The molecule has 0 aromatic heterocycles. The number of hydrogen-bond acceptors (Lipinski definition) is 2. The van der Waals surface area contributed by atoms with E-state index in [1.807, 2.05) is 30.3 Å². The van der Waals surface area contributed by atoms with Gasteiger partial charge in [0.2, 0.25) is 5.91 Å². The van der Waals surface area contributed by atoms with Crippen LogP contribution in [-0.2, 0) is 23.1 Å². The minimum Gasteiger partial charge on any atom is -0.356 e. The SMILES string of the molecule is O=C(Cc1ccccc1)NCCCCN1CCC2(CCc3ccccc32)CC1. The highest BCUT2D eigenvalue weighted by molar-refractivity contribution is 5.78. The van der Waals surface area contributed by atoms with Crippen LogP contribution in [0.4, 0.5) is 0 Å². The lowest BCUT2D eigenvalue weighted by atomic mass is 9.74. The molecule has 0 saturated carbocycles. The number of carbonyl (C=O) groups is 1. The fraction of sp³-hybridized carbons (Fsp3) is 0.480. The van der Waals surface area contributed by atoms with Crippen molar-refractivity contribution in [2.45, 2.75) is 50.4 Å². The van der Waals surface area contributed by atoms with Crippen LogP contribution in [0.1, 0.15) is 48.8 Å². The van der Waals surface area contributed by atoms with Crippen molar-refractivity contribution in [3.63, 3.8) is 0 Å². The zero-order chi connectivity index (χ0) is 19.2. The van der Waals surface area contributed by atoms with Crippen LogP contribution in [0.15, 0.2) is 54.6 Å². The monoisotopic (exact) mass is 376 g/mol. The maximum atomic E-state index is 12.0. The molecule has 1 amide bonds. The van der Waals surface area contributed by atoms with E-state index >= 15 is 0 Å². The first-order valence-electron chi connectivity index (χ1n) is 10.9. The fourth-order valence-corrected chi connectivity index (χ4v) is 5.02. The summed E-state index contributed by atoms with van der Waals surface area (Å²) in [6, 6.07) is 19.0. The Labute approximate surface area is 169 Å². The molecule has 1 aliphatic carbocycles. The fourth-order valence-electron chi connectivity index (χ4n) is 5.02. The van der Waals surface area contributed by atoms with Crippen molar-refractivity contribution in [3.8, 4) is 0 Å².